The van der Waals surface area contributed by atoms with Crippen LogP contribution in [-0.2, 0) is 13.0 Å². The van der Waals surface area contributed by atoms with Gasteiger partial charge in [-0.25, -0.2) is 4.98 Å². The summed E-state index contributed by atoms with van der Waals surface area (Å²) in [5, 5.41) is 5.36. The highest BCUT2D eigenvalue weighted by Crippen LogP contribution is 2.17. The predicted octanol–water partition coefficient (Wildman–Crippen LogP) is 2.48. The van der Waals surface area contributed by atoms with Crippen LogP contribution in [0.3, 0.4) is 0 Å². The van der Waals surface area contributed by atoms with Crippen LogP contribution in [0.2, 0.25) is 0 Å². The average molecular weight is 281 g/mol. The zero-order chi connectivity index (χ0) is 14.7. The normalized spacial score (nSPS) is 12.7. The molecule has 0 aliphatic heterocycles. The van der Waals surface area contributed by atoms with E-state index in [2.05, 4.69) is 34.1 Å². The molecule has 108 valence electrons. The largest absolute Gasteiger partial charge is 0.322 e. The van der Waals surface area contributed by atoms with Crippen molar-refractivity contribution in [2.24, 2.45) is 5.73 Å². The molecule has 0 radical (unpaired) electrons. The van der Waals surface area contributed by atoms with Crippen LogP contribution in [0.5, 0.6) is 0 Å². The van der Waals surface area contributed by atoms with Gasteiger partial charge in [-0.2, -0.15) is 5.10 Å². The first kappa shape index (κ1) is 13.7. The molecule has 0 saturated heterocycles. The predicted molar refractivity (Wildman–Crippen MR) is 82.7 cm³/mol. The van der Waals surface area contributed by atoms with E-state index in [0.717, 1.165) is 35.4 Å². The van der Waals surface area contributed by atoms with Crippen molar-refractivity contribution in [3.05, 3.63) is 54.2 Å². The van der Waals surface area contributed by atoms with Crippen molar-refractivity contribution < 1.29 is 0 Å². The maximum Gasteiger partial charge on any atom is 0.138 e. The number of benzene rings is 1. The van der Waals surface area contributed by atoms with Crippen molar-refractivity contribution >= 4 is 10.9 Å². The molecule has 0 saturated carbocycles. The number of hydrogen-bond donors (Lipinski definition) is 1. The molecule has 0 aliphatic carbocycles. The van der Waals surface area contributed by atoms with Crippen molar-refractivity contribution in [1.29, 1.82) is 0 Å². The third-order valence-electron chi connectivity index (χ3n) is 3.53. The van der Waals surface area contributed by atoms with Crippen LogP contribution in [0.25, 0.3) is 10.9 Å². The van der Waals surface area contributed by atoms with Gasteiger partial charge in [-0.3, -0.25) is 9.67 Å². The lowest BCUT2D eigenvalue weighted by atomic mass is 10.1. The Morgan fingerprint density at radius 2 is 2.05 bits per heavy atom. The molecule has 2 heterocycles. The number of aryl methyl sites for hydroxylation is 1. The van der Waals surface area contributed by atoms with Crippen molar-refractivity contribution in [2.45, 2.75) is 32.4 Å². The minimum absolute atomic E-state index is 0.172. The van der Waals surface area contributed by atoms with Gasteiger partial charge in [0.25, 0.3) is 0 Å². The Kier molecular flexibility index (Phi) is 3.92. The molecule has 0 bridgehead atoms. The van der Waals surface area contributed by atoms with Gasteiger partial charge in [0, 0.05) is 18.4 Å². The smallest absolute Gasteiger partial charge is 0.138 e. The van der Waals surface area contributed by atoms with Gasteiger partial charge in [-0.15, -0.1) is 0 Å². The number of rotatable bonds is 5. The average Bonchev–Trinajstić information content (AvgIpc) is 2.94. The minimum Gasteiger partial charge on any atom is -0.322 e. The second kappa shape index (κ2) is 6.01. The van der Waals surface area contributed by atoms with E-state index in [1.54, 1.807) is 6.33 Å². The number of fused-ring (bicyclic) bond motifs is 1. The highest BCUT2D eigenvalue weighted by Gasteiger charge is 2.13. The van der Waals surface area contributed by atoms with Crippen LogP contribution < -0.4 is 5.73 Å². The van der Waals surface area contributed by atoms with Gasteiger partial charge in [-0.1, -0.05) is 31.2 Å². The second-order valence-electron chi connectivity index (χ2n) is 5.14. The summed E-state index contributed by atoms with van der Waals surface area (Å²) in [5.41, 5.74) is 8.16. The third kappa shape index (κ3) is 2.92. The lowest BCUT2D eigenvalue weighted by Gasteiger charge is -2.12. The monoisotopic (exact) mass is 281 g/mol. The van der Waals surface area contributed by atoms with Gasteiger partial charge in [-0.05, 0) is 18.6 Å². The number of aromatic nitrogens is 4. The maximum atomic E-state index is 6.30. The summed E-state index contributed by atoms with van der Waals surface area (Å²) in [6.07, 6.45) is 3.26. The van der Waals surface area contributed by atoms with Crippen LogP contribution >= 0.6 is 0 Å². The molecule has 2 N–H and O–H groups in total. The zero-order valence-electron chi connectivity index (χ0n) is 12.1. The quantitative estimate of drug-likeness (QED) is 0.780. The minimum atomic E-state index is -0.172. The highest BCUT2D eigenvalue weighted by molar-refractivity contribution is 5.78. The summed E-state index contributed by atoms with van der Waals surface area (Å²) < 4.78 is 1.92. The van der Waals surface area contributed by atoms with E-state index in [4.69, 9.17) is 5.73 Å². The summed E-state index contributed by atoms with van der Waals surface area (Å²) in [5.74, 6) is 0.916. The number of hydrogen-bond acceptors (Lipinski definition) is 4. The van der Waals surface area contributed by atoms with Gasteiger partial charge >= 0.3 is 0 Å². The summed E-state index contributed by atoms with van der Waals surface area (Å²) >= 11 is 0. The van der Waals surface area contributed by atoms with Gasteiger partial charge in [0.05, 0.1) is 17.3 Å². The molecule has 5 heteroatoms. The first-order valence-corrected chi connectivity index (χ1v) is 7.26. The maximum absolute atomic E-state index is 6.30. The van der Waals surface area contributed by atoms with Crippen molar-refractivity contribution in [3.8, 4) is 0 Å². The molecule has 1 unspecified atom stereocenters. The second-order valence-corrected chi connectivity index (χ2v) is 5.14. The van der Waals surface area contributed by atoms with Crippen LogP contribution in [0.1, 0.15) is 30.9 Å². The topological polar surface area (TPSA) is 69.6 Å². The van der Waals surface area contributed by atoms with E-state index in [-0.39, 0.29) is 6.04 Å². The Hall–Kier alpha value is -2.27. The van der Waals surface area contributed by atoms with Gasteiger partial charge in [0.15, 0.2) is 0 Å². The fourth-order valence-corrected chi connectivity index (χ4v) is 2.43. The van der Waals surface area contributed by atoms with Crippen molar-refractivity contribution in [3.63, 3.8) is 0 Å². The Bertz CT molecular complexity index is 734. The first-order chi connectivity index (χ1) is 10.3. The molecule has 1 atom stereocenters. The molecular formula is C16H19N5. The van der Waals surface area contributed by atoms with E-state index in [9.17, 15) is 0 Å². The molecular weight excluding hydrogens is 262 g/mol. The highest BCUT2D eigenvalue weighted by atomic mass is 15.3. The van der Waals surface area contributed by atoms with Crippen LogP contribution in [0.4, 0.5) is 0 Å². The van der Waals surface area contributed by atoms with E-state index < -0.39 is 0 Å². The Morgan fingerprint density at radius 3 is 2.90 bits per heavy atom. The molecule has 21 heavy (non-hydrogen) atoms. The molecule has 5 nitrogen and oxygen atoms in total. The van der Waals surface area contributed by atoms with Crippen LogP contribution in [-0.4, -0.2) is 19.7 Å². The zero-order valence-corrected chi connectivity index (χ0v) is 12.1. The molecule has 0 amide bonds. The standard InChI is InChI=1S/C16H19N5/c1-2-9-21-16(18-11-19-21)10-13(17)15-8-7-12-5-3-4-6-14(12)20-15/h3-8,11,13H,2,9-10,17H2,1H3. The Balaban J connectivity index is 1.83. The van der Waals surface area contributed by atoms with E-state index >= 15 is 0 Å². The molecule has 3 aromatic rings. The summed E-state index contributed by atoms with van der Waals surface area (Å²) in [6.45, 7) is 2.99. The third-order valence-corrected chi connectivity index (χ3v) is 3.53. The van der Waals surface area contributed by atoms with E-state index in [0.29, 0.717) is 6.42 Å². The van der Waals surface area contributed by atoms with Gasteiger partial charge in [0.1, 0.15) is 12.2 Å². The SMILES string of the molecule is CCCn1ncnc1CC(N)c1ccc2ccccc2n1. The summed E-state index contributed by atoms with van der Waals surface area (Å²) in [6, 6.07) is 11.9. The van der Waals surface area contributed by atoms with E-state index in [1.807, 2.05) is 28.9 Å². The number of nitrogens with zero attached hydrogens (tertiary/aromatic N) is 4. The lowest BCUT2D eigenvalue weighted by molar-refractivity contribution is 0.545. The number of nitrogens with two attached hydrogens (primary N) is 1. The number of para-hydroxylation sites is 1. The Morgan fingerprint density at radius 1 is 1.19 bits per heavy atom. The lowest BCUT2D eigenvalue weighted by Crippen LogP contribution is -2.18. The molecule has 2 aromatic heterocycles. The fourth-order valence-electron chi connectivity index (χ4n) is 2.43. The number of pyridine rings is 1. The van der Waals surface area contributed by atoms with Crippen molar-refractivity contribution in [1.82, 2.24) is 19.7 Å². The summed E-state index contributed by atoms with van der Waals surface area (Å²) in [4.78, 5) is 8.96. The molecule has 0 spiro atoms. The van der Waals surface area contributed by atoms with Gasteiger partial charge < -0.3 is 5.73 Å². The van der Waals surface area contributed by atoms with Crippen LogP contribution in [0, 0.1) is 0 Å². The first-order valence-electron chi connectivity index (χ1n) is 7.26. The molecule has 0 fully saturated rings. The van der Waals surface area contributed by atoms with E-state index in [1.165, 1.54) is 0 Å². The molecule has 1 aromatic carbocycles. The van der Waals surface area contributed by atoms with Crippen LogP contribution in [0.15, 0.2) is 42.7 Å². The molecule has 3 rings (SSSR count). The Labute approximate surface area is 123 Å². The van der Waals surface area contributed by atoms with Gasteiger partial charge in [0.2, 0.25) is 0 Å². The molecule has 0 aliphatic rings. The summed E-state index contributed by atoms with van der Waals surface area (Å²) in [7, 11) is 0. The van der Waals surface area contributed by atoms with Crippen molar-refractivity contribution in [2.75, 3.05) is 0 Å². The fraction of sp³-hybridized carbons (Fsp3) is 0.312.